The molecule has 3 aromatic rings. The van der Waals surface area contributed by atoms with Gasteiger partial charge >= 0.3 is 0 Å². The summed E-state index contributed by atoms with van der Waals surface area (Å²) >= 11 is 7.49. The summed E-state index contributed by atoms with van der Waals surface area (Å²) in [7, 11) is 0. The summed E-state index contributed by atoms with van der Waals surface area (Å²) < 4.78 is 2.05. The highest BCUT2D eigenvalue weighted by atomic mass is 35.5. The lowest BCUT2D eigenvalue weighted by Gasteiger charge is -2.15. The lowest BCUT2D eigenvalue weighted by atomic mass is 9.92. The van der Waals surface area contributed by atoms with Crippen LogP contribution in [0.1, 0.15) is 20.8 Å². The van der Waals surface area contributed by atoms with E-state index in [-0.39, 0.29) is 11.2 Å². The largest absolute Gasteiger partial charge is 0.299 e. The van der Waals surface area contributed by atoms with E-state index in [1.165, 1.54) is 11.8 Å². The smallest absolute Gasteiger partial charge is 0.148 e. The SMILES string of the molecule is CC(C)(C)C(=O)CSc1cn(-c2ccccc2)c(-c2ccc(Cl)cc2)n1. The summed E-state index contributed by atoms with van der Waals surface area (Å²) in [5.74, 6) is 1.46. The molecule has 0 saturated heterocycles. The Kier molecular flexibility index (Phi) is 5.54. The van der Waals surface area contributed by atoms with Crippen LogP contribution in [0.5, 0.6) is 0 Å². The minimum absolute atomic E-state index is 0.213. The zero-order valence-corrected chi connectivity index (χ0v) is 16.6. The van der Waals surface area contributed by atoms with Gasteiger partial charge in [-0.1, -0.05) is 62.3 Å². The molecule has 0 aliphatic heterocycles. The number of hydrogen-bond donors (Lipinski definition) is 0. The number of imidazole rings is 1. The van der Waals surface area contributed by atoms with Crippen molar-refractivity contribution in [3.05, 3.63) is 65.8 Å². The second-order valence-electron chi connectivity index (χ2n) is 7.08. The molecule has 0 saturated carbocycles. The first-order chi connectivity index (χ1) is 12.3. The van der Waals surface area contributed by atoms with Gasteiger partial charge in [-0.3, -0.25) is 9.36 Å². The first-order valence-electron chi connectivity index (χ1n) is 8.41. The van der Waals surface area contributed by atoms with Gasteiger partial charge in [0.15, 0.2) is 0 Å². The Balaban J connectivity index is 1.95. The van der Waals surface area contributed by atoms with Gasteiger partial charge in [-0.2, -0.15) is 0 Å². The van der Waals surface area contributed by atoms with Gasteiger partial charge in [-0.15, -0.1) is 0 Å². The monoisotopic (exact) mass is 384 g/mol. The number of rotatable bonds is 5. The molecule has 0 bridgehead atoms. The highest BCUT2D eigenvalue weighted by molar-refractivity contribution is 7.99. The number of halogens is 1. The van der Waals surface area contributed by atoms with Gasteiger partial charge in [-0.05, 0) is 36.4 Å². The minimum Gasteiger partial charge on any atom is -0.299 e. The fraction of sp³-hybridized carbons (Fsp3) is 0.238. The third-order valence-corrected chi connectivity index (χ3v) is 5.16. The number of aromatic nitrogens is 2. The first-order valence-corrected chi connectivity index (χ1v) is 9.78. The van der Waals surface area contributed by atoms with Crippen LogP contribution in [-0.4, -0.2) is 21.1 Å². The Hall–Kier alpha value is -2.04. The van der Waals surface area contributed by atoms with Crippen molar-refractivity contribution in [2.75, 3.05) is 5.75 Å². The Bertz CT molecular complexity index is 896. The quantitative estimate of drug-likeness (QED) is 0.513. The number of carbonyl (C=O) groups is 1. The van der Waals surface area contributed by atoms with Gasteiger partial charge in [0.1, 0.15) is 16.6 Å². The molecule has 5 heteroatoms. The standard InChI is InChI=1S/C21H21ClN2OS/c1-21(2,3)18(25)14-26-19-13-24(17-7-5-4-6-8-17)20(23-19)15-9-11-16(22)12-10-15/h4-13H,14H2,1-3H3. The fourth-order valence-electron chi connectivity index (χ4n) is 2.37. The molecular formula is C21H21ClN2OS. The molecular weight excluding hydrogens is 364 g/mol. The third-order valence-electron chi connectivity index (χ3n) is 4.01. The van der Waals surface area contributed by atoms with Gasteiger partial charge in [-0.25, -0.2) is 4.98 Å². The zero-order valence-electron chi connectivity index (χ0n) is 15.1. The number of Topliss-reactive ketones (excluding diaryl/α,β-unsaturated/α-hetero) is 1. The van der Waals surface area contributed by atoms with E-state index in [4.69, 9.17) is 16.6 Å². The van der Waals surface area contributed by atoms with E-state index in [2.05, 4.69) is 0 Å². The van der Waals surface area contributed by atoms with Gasteiger partial charge in [0.25, 0.3) is 0 Å². The maximum absolute atomic E-state index is 12.2. The molecule has 0 atom stereocenters. The third kappa shape index (κ3) is 4.37. The van der Waals surface area contributed by atoms with E-state index in [1.54, 1.807) is 0 Å². The highest BCUT2D eigenvalue weighted by Crippen LogP contribution is 2.29. The molecule has 2 aromatic carbocycles. The summed E-state index contributed by atoms with van der Waals surface area (Å²) in [6, 6.07) is 17.7. The predicted octanol–water partition coefficient (Wildman–Crippen LogP) is 5.90. The second kappa shape index (κ2) is 7.68. The average molecular weight is 385 g/mol. The van der Waals surface area contributed by atoms with Crippen molar-refractivity contribution in [3.8, 4) is 17.1 Å². The van der Waals surface area contributed by atoms with Crippen LogP contribution in [0.3, 0.4) is 0 Å². The Morgan fingerprint density at radius 1 is 1.08 bits per heavy atom. The summed E-state index contributed by atoms with van der Waals surface area (Å²) in [6.07, 6.45) is 1.99. The van der Waals surface area contributed by atoms with Crippen LogP contribution in [0.15, 0.2) is 65.8 Å². The molecule has 134 valence electrons. The molecule has 1 heterocycles. The van der Waals surface area contributed by atoms with Crippen LogP contribution in [0.2, 0.25) is 5.02 Å². The van der Waals surface area contributed by atoms with Crippen molar-refractivity contribution in [2.24, 2.45) is 5.41 Å². The fourth-order valence-corrected chi connectivity index (χ4v) is 3.54. The topological polar surface area (TPSA) is 34.9 Å². The molecule has 0 N–H and O–H groups in total. The van der Waals surface area contributed by atoms with Crippen molar-refractivity contribution < 1.29 is 4.79 Å². The molecule has 0 amide bonds. The number of carbonyl (C=O) groups excluding carboxylic acids is 1. The Labute approximate surface area is 163 Å². The molecule has 0 aliphatic rings. The predicted molar refractivity (Wildman–Crippen MR) is 109 cm³/mol. The lowest BCUT2D eigenvalue weighted by Crippen LogP contribution is -2.21. The number of nitrogens with zero attached hydrogens (tertiary/aromatic N) is 2. The van der Waals surface area contributed by atoms with E-state index >= 15 is 0 Å². The van der Waals surface area contributed by atoms with Crippen molar-refractivity contribution in [3.63, 3.8) is 0 Å². The Morgan fingerprint density at radius 3 is 2.35 bits per heavy atom. The summed E-state index contributed by atoms with van der Waals surface area (Å²) in [5.41, 5.74) is 1.67. The molecule has 0 fully saturated rings. The van der Waals surface area contributed by atoms with Crippen LogP contribution in [0.4, 0.5) is 0 Å². The molecule has 3 rings (SSSR count). The van der Waals surface area contributed by atoms with E-state index < -0.39 is 0 Å². The molecule has 0 spiro atoms. The van der Waals surface area contributed by atoms with Crippen molar-refractivity contribution in [1.82, 2.24) is 9.55 Å². The van der Waals surface area contributed by atoms with Crippen molar-refractivity contribution in [2.45, 2.75) is 25.8 Å². The van der Waals surface area contributed by atoms with Gasteiger partial charge in [0, 0.05) is 27.9 Å². The van der Waals surface area contributed by atoms with Crippen LogP contribution in [-0.2, 0) is 4.79 Å². The molecule has 1 aromatic heterocycles. The van der Waals surface area contributed by atoms with Crippen LogP contribution < -0.4 is 0 Å². The van der Waals surface area contributed by atoms with E-state index in [0.717, 1.165) is 22.1 Å². The molecule has 3 nitrogen and oxygen atoms in total. The molecule has 0 unspecified atom stereocenters. The maximum Gasteiger partial charge on any atom is 0.148 e. The molecule has 26 heavy (non-hydrogen) atoms. The summed E-state index contributed by atoms with van der Waals surface area (Å²) in [4.78, 5) is 17.0. The van der Waals surface area contributed by atoms with E-state index in [1.807, 2.05) is 86.1 Å². The molecule has 0 radical (unpaired) electrons. The van der Waals surface area contributed by atoms with Gasteiger partial charge in [0.2, 0.25) is 0 Å². The van der Waals surface area contributed by atoms with E-state index in [0.29, 0.717) is 10.8 Å². The number of ketones is 1. The van der Waals surface area contributed by atoms with E-state index in [9.17, 15) is 4.79 Å². The lowest BCUT2D eigenvalue weighted by molar-refractivity contribution is -0.123. The van der Waals surface area contributed by atoms with Crippen molar-refractivity contribution in [1.29, 1.82) is 0 Å². The average Bonchev–Trinajstić information content (AvgIpc) is 3.04. The normalized spacial score (nSPS) is 11.5. The van der Waals surface area contributed by atoms with Crippen molar-refractivity contribution >= 4 is 29.1 Å². The second-order valence-corrected chi connectivity index (χ2v) is 8.51. The first kappa shape index (κ1) is 18.7. The number of benzene rings is 2. The van der Waals surface area contributed by atoms with Crippen LogP contribution in [0.25, 0.3) is 17.1 Å². The Morgan fingerprint density at radius 2 is 1.73 bits per heavy atom. The molecule has 0 aliphatic carbocycles. The van der Waals surface area contributed by atoms with Gasteiger partial charge < -0.3 is 0 Å². The summed E-state index contributed by atoms with van der Waals surface area (Å²) in [5, 5.41) is 1.52. The maximum atomic E-state index is 12.2. The van der Waals surface area contributed by atoms with Gasteiger partial charge in [0.05, 0.1) is 5.75 Å². The number of para-hydroxylation sites is 1. The minimum atomic E-state index is -0.339. The number of thioether (sulfide) groups is 1. The summed E-state index contributed by atoms with van der Waals surface area (Å²) in [6.45, 7) is 5.83. The van der Waals surface area contributed by atoms with Crippen LogP contribution >= 0.6 is 23.4 Å². The highest BCUT2D eigenvalue weighted by Gasteiger charge is 2.22. The van der Waals surface area contributed by atoms with Crippen LogP contribution in [0, 0.1) is 5.41 Å². The number of hydrogen-bond acceptors (Lipinski definition) is 3. The zero-order chi connectivity index (χ0) is 18.7.